The minimum absolute atomic E-state index is 0.154. The van der Waals surface area contributed by atoms with Crippen molar-refractivity contribution in [1.29, 1.82) is 0 Å². The second-order valence-corrected chi connectivity index (χ2v) is 4.67. The zero-order valence-corrected chi connectivity index (χ0v) is 9.17. The molecule has 0 saturated heterocycles. The number of hydrogen-bond donors (Lipinski definition) is 1. The van der Waals surface area contributed by atoms with E-state index in [1.54, 1.807) is 6.92 Å². The maximum absolute atomic E-state index is 10.5. The third-order valence-corrected chi connectivity index (χ3v) is 3.40. The maximum atomic E-state index is 10.5. The van der Waals surface area contributed by atoms with E-state index in [1.165, 1.54) is 38.5 Å². The SMILES string of the molecule is CC(CCCCC1CCCC1)C(=O)O. The molecule has 0 amide bonds. The van der Waals surface area contributed by atoms with E-state index in [2.05, 4.69) is 0 Å². The Bertz CT molecular complexity index is 171. The molecule has 1 fully saturated rings. The molecule has 0 aliphatic heterocycles. The topological polar surface area (TPSA) is 37.3 Å². The summed E-state index contributed by atoms with van der Waals surface area (Å²) in [5, 5.41) is 8.69. The third-order valence-electron chi connectivity index (χ3n) is 3.40. The molecule has 2 heteroatoms. The predicted octanol–water partition coefficient (Wildman–Crippen LogP) is 3.46. The van der Waals surface area contributed by atoms with Crippen LogP contribution in [0.25, 0.3) is 0 Å². The molecule has 0 aromatic carbocycles. The molecule has 1 atom stereocenters. The van der Waals surface area contributed by atoms with Crippen LogP contribution in [0.4, 0.5) is 0 Å². The van der Waals surface area contributed by atoms with Crippen LogP contribution in [0.5, 0.6) is 0 Å². The lowest BCUT2D eigenvalue weighted by Gasteiger charge is -2.09. The van der Waals surface area contributed by atoms with Gasteiger partial charge in [0, 0.05) is 0 Å². The summed E-state index contributed by atoms with van der Waals surface area (Å²) in [5.41, 5.74) is 0. The van der Waals surface area contributed by atoms with Crippen LogP contribution in [0.1, 0.15) is 58.3 Å². The van der Waals surface area contributed by atoms with Gasteiger partial charge in [-0.1, -0.05) is 51.9 Å². The average Bonchev–Trinajstić information content (AvgIpc) is 2.64. The first kappa shape index (κ1) is 11.5. The summed E-state index contributed by atoms with van der Waals surface area (Å²) in [5.74, 6) is 0.152. The standard InChI is InChI=1S/C12H22O2/c1-10(12(13)14)6-2-3-7-11-8-4-5-9-11/h10-11H,2-9H2,1H3,(H,13,14). The van der Waals surface area contributed by atoms with E-state index < -0.39 is 5.97 Å². The molecule has 0 bridgehead atoms. The monoisotopic (exact) mass is 198 g/mol. The van der Waals surface area contributed by atoms with Crippen molar-refractivity contribution < 1.29 is 9.90 Å². The van der Waals surface area contributed by atoms with Crippen molar-refractivity contribution in [2.75, 3.05) is 0 Å². The Hall–Kier alpha value is -0.530. The van der Waals surface area contributed by atoms with Gasteiger partial charge in [-0.05, 0) is 12.3 Å². The van der Waals surface area contributed by atoms with E-state index >= 15 is 0 Å². The highest BCUT2D eigenvalue weighted by Crippen LogP contribution is 2.29. The second-order valence-electron chi connectivity index (χ2n) is 4.67. The number of carboxylic acids is 1. The van der Waals surface area contributed by atoms with E-state index in [9.17, 15) is 4.79 Å². The highest BCUT2D eigenvalue weighted by Gasteiger charge is 2.15. The summed E-state index contributed by atoms with van der Waals surface area (Å²) >= 11 is 0. The first-order valence-electron chi connectivity index (χ1n) is 5.93. The zero-order chi connectivity index (χ0) is 10.4. The van der Waals surface area contributed by atoms with Gasteiger partial charge < -0.3 is 5.11 Å². The number of aliphatic carboxylic acids is 1. The van der Waals surface area contributed by atoms with Crippen molar-refractivity contribution in [2.45, 2.75) is 58.3 Å². The highest BCUT2D eigenvalue weighted by molar-refractivity contribution is 5.69. The van der Waals surface area contributed by atoms with Crippen molar-refractivity contribution in [3.8, 4) is 0 Å². The lowest BCUT2D eigenvalue weighted by Crippen LogP contribution is -2.09. The van der Waals surface area contributed by atoms with Crippen LogP contribution in [-0.2, 0) is 4.79 Å². The molecular formula is C12H22O2. The normalized spacial score (nSPS) is 19.8. The van der Waals surface area contributed by atoms with Gasteiger partial charge in [-0.25, -0.2) is 0 Å². The fourth-order valence-electron chi connectivity index (χ4n) is 2.31. The van der Waals surface area contributed by atoms with Crippen LogP contribution >= 0.6 is 0 Å². The smallest absolute Gasteiger partial charge is 0.306 e. The number of rotatable bonds is 6. The Kier molecular flexibility index (Phi) is 4.99. The van der Waals surface area contributed by atoms with Crippen molar-refractivity contribution in [3.05, 3.63) is 0 Å². The summed E-state index contributed by atoms with van der Waals surface area (Å²) in [6.07, 6.45) is 10.1. The summed E-state index contributed by atoms with van der Waals surface area (Å²) in [7, 11) is 0. The van der Waals surface area contributed by atoms with Crippen LogP contribution < -0.4 is 0 Å². The number of carbonyl (C=O) groups is 1. The van der Waals surface area contributed by atoms with Crippen LogP contribution in [0.2, 0.25) is 0 Å². The Morgan fingerprint density at radius 1 is 1.36 bits per heavy atom. The highest BCUT2D eigenvalue weighted by atomic mass is 16.4. The van der Waals surface area contributed by atoms with Crippen LogP contribution in [0.15, 0.2) is 0 Å². The van der Waals surface area contributed by atoms with Gasteiger partial charge in [-0.2, -0.15) is 0 Å². The average molecular weight is 198 g/mol. The fourth-order valence-corrected chi connectivity index (χ4v) is 2.31. The minimum atomic E-state index is -0.647. The van der Waals surface area contributed by atoms with Gasteiger partial charge in [0.05, 0.1) is 5.92 Å². The lowest BCUT2D eigenvalue weighted by atomic mass is 9.97. The Balaban J connectivity index is 1.95. The number of carboxylic acid groups (broad SMARTS) is 1. The summed E-state index contributed by atoms with van der Waals surface area (Å²) in [6, 6.07) is 0. The van der Waals surface area contributed by atoms with Crippen LogP contribution in [-0.4, -0.2) is 11.1 Å². The first-order valence-corrected chi connectivity index (χ1v) is 5.93. The summed E-state index contributed by atoms with van der Waals surface area (Å²) < 4.78 is 0. The van der Waals surface area contributed by atoms with Gasteiger partial charge >= 0.3 is 5.97 Å². The third kappa shape index (κ3) is 4.12. The molecule has 1 N–H and O–H groups in total. The number of hydrogen-bond acceptors (Lipinski definition) is 1. The Morgan fingerprint density at radius 3 is 2.57 bits per heavy atom. The molecular weight excluding hydrogens is 176 g/mol. The molecule has 1 aliphatic carbocycles. The van der Waals surface area contributed by atoms with E-state index in [4.69, 9.17) is 5.11 Å². The molecule has 2 nitrogen and oxygen atoms in total. The Labute approximate surface area is 86.7 Å². The summed E-state index contributed by atoms with van der Waals surface area (Å²) in [6.45, 7) is 1.80. The second kappa shape index (κ2) is 6.05. The molecule has 14 heavy (non-hydrogen) atoms. The van der Waals surface area contributed by atoms with Crippen molar-refractivity contribution in [3.63, 3.8) is 0 Å². The largest absolute Gasteiger partial charge is 0.481 e. The van der Waals surface area contributed by atoms with Crippen molar-refractivity contribution in [2.24, 2.45) is 11.8 Å². The van der Waals surface area contributed by atoms with Gasteiger partial charge in [0.1, 0.15) is 0 Å². The van der Waals surface area contributed by atoms with Gasteiger partial charge in [0.15, 0.2) is 0 Å². The van der Waals surface area contributed by atoms with Gasteiger partial charge in [-0.15, -0.1) is 0 Å². The van der Waals surface area contributed by atoms with E-state index in [0.29, 0.717) is 0 Å². The van der Waals surface area contributed by atoms with Gasteiger partial charge in [0.2, 0.25) is 0 Å². The molecule has 82 valence electrons. The van der Waals surface area contributed by atoms with Crippen LogP contribution in [0.3, 0.4) is 0 Å². The summed E-state index contributed by atoms with van der Waals surface area (Å²) in [4.78, 5) is 10.5. The molecule has 0 spiro atoms. The molecule has 1 rings (SSSR count). The van der Waals surface area contributed by atoms with Crippen molar-refractivity contribution >= 4 is 5.97 Å². The van der Waals surface area contributed by atoms with E-state index in [-0.39, 0.29) is 5.92 Å². The molecule has 0 aromatic rings. The molecule has 0 heterocycles. The molecule has 1 saturated carbocycles. The first-order chi connectivity index (χ1) is 6.70. The molecule has 0 aromatic heterocycles. The van der Waals surface area contributed by atoms with E-state index in [1.807, 2.05) is 0 Å². The fraction of sp³-hybridized carbons (Fsp3) is 0.917. The molecule has 0 radical (unpaired) electrons. The van der Waals surface area contributed by atoms with E-state index in [0.717, 1.165) is 18.8 Å². The number of unbranched alkanes of at least 4 members (excludes halogenated alkanes) is 1. The molecule has 1 aliphatic rings. The van der Waals surface area contributed by atoms with Crippen LogP contribution in [0, 0.1) is 11.8 Å². The Morgan fingerprint density at radius 2 is 2.00 bits per heavy atom. The zero-order valence-electron chi connectivity index (χ0n) is 9.17. The van der Waals surface area contributed by atoms with Crippen molar-refractivity contribution in [1.82, 2.24) is 0 Å². The molecule has 1 unspecified atom stereocenters. The van der Waals surface area contributed by atoms with Gasteiger partial charge in [-0.3, -0.25) is 4.79 Å². The minimum Gasteiger partial charge on any atom is -0.481 e. The van der Waals surface area contributed by atoms with Gasteiger partial charge in [0.25, 0.3) is 0 Å². The predicted molar refractivity (Wildman–Crippen MR) is 57.2 cm³/mol. The maximum Gasteiger partial charge on any atom is 0.306 e. The quantitative estimate of drug-likeness (QED) is 0.664. The lowest BCUT2D eigenvalue weighted by molar-refractivity contribution is -0.141.